The molecule has 0 amide bonds. The lowest BCUT2D eigenvalue weighted by Gasteiger charge is -2.36. The van der Waals surface area contributed by atoms with Crippen LogP contribution in [0.5, 0.6) is 0 Å². The summed E-state index contributed by atoms with van der Waals surface area (Å²) >= 11 is 6.10. The van der Waals surface area contributed by atoms with Gasteiger partial charge in [0, 0.05) is 11.1 Å². The number of hydrogen-bond acceptors (Lipinski definition) is 1. The van der Waals surface area contributed by atoms with Crippen molar-refractivity contribution in [3.8, 4) is 0 Å². The fourth-order valence-corrected chi connectivity index (χ4v) is 3.82. The molecule has 0 spiro atoms. The average molecular weight is 280 g/mol. The summed E-state index contributed by atoms with van der Waals surface area (Å²) in [6, 6.07) is 9.03. The molecule has 0 bridgehead atoms. The van der Waals surface area contributed by atoms with Gasteiger partial charge in [-0.05, 0) is 62.3 Å². The van der Waals surface area contributed by atoms with Gasteiger partial charge in [0.1, 0.15) is 0 Å². The monoisotopic (exact) mass is 279 g/mol. The van der Waals surface area contributed by atoms with Gasteiger partial charge in [-0.3, -0.25) is 0 Å². The van der Waals surface area contributed by atoms with E-state index in [0.29, 0.717) is 6.04 Å². The van der Waals surface area contributed by atoms with E-state index in [9.17, 15) is 0 Å². The SMILES string of the molecule is CCCC1CCC(NC)C(Cc2cccc(Cl)c2)C1. The first kappa shape index (κ1) is 14.9. The highest BCUT2D eigenvalue weighted by atomic mass is 35.5. The maximum atomic E-state index is 6.10. The van der Waals surface area contributed by atoms with Gasteiger partial charge in [-0.15, -0.1) is 0 Å². The highest BCUT2D eigenvalue weighted by Crippen LogP contribution is 2.34. The van der Waals surface area contributed by atoms with E-state index in [2.05, 4.69) is 37.5 Å². The molecule has 1 aliphatic carbocycles. The number of nitrogens with one attached hydrogen (secondary N) is 1. The van der Waals surface area contributed by atoms with E-state index in [1.54, 1.807) is 0 Å². The molecule has 19 heavy (non-hydrogen) atoms. The molecule has 2 heteroatoms. The van der Waals surface area contributed by atoms with E-state index in [1.165, 1.54) is 37.7 Å². The third-order valence-electron chi connectivity index (χ3n) is 4.55. The molecular formula is C17H26ClN. The molecule has 1 N–H and O–H groups in total. The van der Waals surface area contributed by atoms with Crippen LogP contribution in [0.1, 0.15) is 44.6 Å². The van der Waals surface area contributed by atoms with Gasteiger partial charge >= 0.3 is 0 Å². The molecule has 1 aromatic carbocycles. The van der Waals surface area contributed by atoms with E-state index in [0.717, 1.165) is 23.3 Å². The van der Waals surface area contributed by atoms with E-state index >= 15 is 0 Å². The molecule has 1 nitrogen and oxygen atoms in total. The second kappa shape index (κ2) is 7.31. The summed E-state index contributed by atoms with van der Waals surface area (Å²) in [5, 5.41) is 4.38. The third kappa shape index (κ3) is 4.22. The van der Waals surface area contributed by atoms with Gasteiger partial charge < -0.3 is 5.32 Å². The average Bonchev–Trinajstić information content (AvgIpc) is 2.39. The Morgan fingerprint density at radius 1 is 1.32 bits per heavy atom. The smallest absolute Gasteiger partial charge is 0.0408 e. The van der Waals surface area contributed by atoms with Crippen molar-refractivity contribution in [1.29, 1.82) is 0 Å². The highest BCUT2D eigenvalue weighted by Gasteiger charge is 2.29. The van der Waals surface area contributed by atoms with E-state index in [-0.39, 0.29) is 0 Å². The normalized spacial score (nSPS) is 27.4. The Hall–Kier alpha value is -0.530. The Labute approximate surface area is 122 Å². The van der Waals surface area contributed by atoms with Crippen molar-refractivity contribution >= 4 is 11.6 Å². The second-order valence-corrected chi connectivity index (χ2v) is 6.39. The van der Waals surface area contributed by atoms with Crippen molar-refractivity contribution in [1.82, 2.24) is 5.32 Å². The van der Waals surface area contributed by atoms with Crippen LogP contribution in [0.25, 0.3) is 0 Å². The maximum Gasteiger partial charge on any atom is 0.0408 e. The molecule has 2 rings (SSSR count). The fraction of sp³-hybridized carbons (Fsp3) is 0.647. The van der Waals surface area contributed by atoms with Crippen LogP contribution in [-0.2, 0) is 6.42 Å². The van der Waals surface area contributed by atoms with Crippen LogP contribution in [0.2, 0.25) is 5.02 Å². The number of hydrogen-bond donors (Lipinski definition) is 1. The Balaban J connectivity index is 2.01. The van der Waals surface area contributed by atoms with Crippen LogP contribution in [0.4, 0.5) is 0 Å². The molecule has 0 aliphatic heterocycles. The quantitative estimate of drug-likeness (QED) is 0.825. The van der Waals surface area contributed by atoms with Gasteiger partial charge in [0.25, 0.3) is 0 Å². The second-order valence-electron chi connectivity index (χ2n) is 5.96. The van der Waals surface area contributed by atoms with Crippen molar-refractivity contribution in [3.05, 3.63) is 34.9 Å². The van der Waals surface area contributed by atoms with Gasteiger partial charge in [0.15, 0.2) is 0 Å². The minimum Gasteiger partial charge on any atom is -0.317 e. The Morgan fingerprint density at radius 3 is 2.84 bits per heavy atom. The van der Waals surface area contributed by atoms with Crippen LogP contribution in [0.15, 0.2) is 24.3 Å². The minimum atomic E-state index is 0.673. The number of halogens is 1. The Morgan fingerprint density at radius 2 is 2.16 bits per heavy atom. The van der Waals surface area contributed by atoms with E-state index in [1.807, 2.05) is 6.07 Å². The van der Waals surface area contributed by atoms with Crippen LogP contribution in [0.3, 0.4) is 0 Å². The standard InChI is InChI=1S/C17H26ClN/c1-3-5-13-8-9-17(19-2)15(10-13)11-14-6-4-7-16(18)12-14/h4,6-7,12-13,15,17,19H,3,5,8-11H2,1-2H3. The van der Waals surface area contributed by atoms with Crippen LogP contribution in [-0.4, -0.2) is 13.1 Å². The molecule has 1 fully saturated rings. The molecular weight excluding hydrogens is 254 g/mol. The van der Waals surface area contributed by atoms with Crippen molar-refractivity contribution in [2.75, 3.05) is 7.05 Å². The van der Waals surface area contributed by atoms with Gasteiger partial charge in [-0.25, -0.2) is 0 Å². The first-order valence-corrected chi connectivity index (χ1v) is 8.02. The lowest BCUT2D eigenvalue weighted by atomic mass is 9.74. The Bertz CT molecular complexity index is 391. The fourth-order valence-electron chi connectivity index (χ4n) is 3.60. The molecule has 106 valence electrons. The third-order valence-corrected chi connectivity index (χ3v) is 4.78. The van der Waals surface area contributed by atoms with E-state index < -0.39 is 0 Å². The van der Waals surface area contributed by atoms with Crippen LogP contribution >= 0.6 is 11.6 Å². The minimum absolute atomic E-state index is 0.673. The maximum absolute atomic E-state index is 6.10. The van der Waals surface area contributed by atoms with E-state index in [4.69, 9.17) is 11.6 Å². The summed E-state index contributed by atoms with van der Waals surface area (Å²) < 4.78 is 0. The highest BCUT2D eigenvalue weighted by molar-refractivity contribution is 6.30. The lowest BCUT2D eigenvalue weighted by Crippen LogP contribution is -2.39. The molecule has 1 aliphatic rings. The first-order valence-electron chi connectivity index (χ1n) is 7.64. The van der Waals surface area contributed by atoms with Crippen molar-refractivity contribution in [3.63, 3.8) is 0 Å². The topological polar surface area (TPSA) is 12.0 Å². The number of rotatable bonds is 5. The zero-order chi connectivity index (χ0) is 13.7. The van der Waals surface area contributed by atoms with Gasteiger partial charge in [0.2, 0.25) is 0 Å². The molecule has 0 aromatic heterocycles. The zero-order valence-corrected chi connectivity index (χ0v) is 12.9. The molecule has 0 heterocycles. The summed E-state index contributed by atoms with van der Waals surface area (Å²) in [4.78, 5) is 0. The van der Waals surface area contributed by atoms with Crippen LogP contribution in [0, 0.1) is 11.8 Å². The molecule has 0 radical (unpaired) electrons. The molecule has 0 saturated heterocycles. The molecule has 3 atom stereocenters. The van der Waals surface area contributed by atoms with Gasteiger partial charge in [-0.1, -0.05) is 43.5 Å². The zero-order valence-electron chi connectivity index (χ0n) is 12.2. The molecule has 1 saturated carbocycles. The molecule has 1 aromatic rings. The molecule has 3 unspecified atom stereocenters. The van der Waals surface area contributed by atoms with Crippen molar-refractivity contribution in [2.45, 2.75) is 51.5 Å². The largest absolute Gasteiger partial charge is 0.317 e. The predicted octanol–water partition coefficient (Wildman–Crippen LogP) is 4.69. The van der Waals surface area contributed by atoms with Crippen LogP contribution < -0.4 is 5.32 Å². The predicted molar refractivity (Wildman–Crippen MR) is 83.7 cm³/mol. The first-order chi connectivity index (χ1) is 9.22. The van der Waals surface area contributed by atoms with Crippen molar-refractivity contribution in [2.24, 2.45) is 11.8 Å². The van der Waals surface area contributed by atoms with Gasteiger partial charge in [0.05, 0.1) is 0 Å². The summed E-state index contributed by atoms with van der Waals surface area (Å²) in [6.07, 6.45) is 7.96. The summed E-state index contributed by atoms with van der Waals surface area (Å²) in [7, 11) is 2.11. The summed E-state index contributed by atoms with van der Waals surface area (Å²) in [5.74, 6) is 1.69. The van der Waals surface area contributed by atoms with Crippen molar-refractivity contribution < 1.29 is 0 Å². The van der Waals surface area contributed by atoms with Gasteiger partial charge in [-0.2, -0.15) is 0 Å². The number of benzene rings is 1. The lowest BCUT2D eigenvalue weighted by molar-refractivity contribution is 0.200. The Kier molecular flexibility index (Phi) is 5.72. The summed E-state index contributed by atoms with van der Waals surface area (Å²) in [6.45, 7) is 2.30. The summed E-state index contributed by atoms with van der Waals surface area (Å²) in [5.41, 5.74) is 1.38.